The van der Waals surface area contributed by atoms with Crippen LogP contribution < -0.4 is 10.1 Å². The van der Waals surface area contributed by atoms with Crippen LogP contribution in [0.4, 0.5) is 0 Å². The molecule has 146 valence electrons. The highest BCUT2D eigenvalue weighted by Crippen LogP contribution is 2.29. The second-order valence-corrected chi connectivity index (χ2v) is 7.52. The zero-order valence-corrected chi connectivity index (χ0v) is 16.1. The average Bonchev–Trinajstić information content (AvgIpc) is 3.19. The Morgan fingerprint density at radius 3 is 2.71 bits per heavy atom. The van der Waals surface area contributed by atoms with E-state index < -0.39 is 0 Å². The average molecular weight is 379 g/mol. The van der Waals surface area contributed by atoms with E-state index in [1.807, 2.05) is 35.2 Å². The first kappa shape index (κ1) is 18.5. The molecule has 28 heavy (non-hydrogen) atoms. The zero-order valence-electron chi connectivity index (χ0n) is 16.1. The van der Waals surface area contributed by atoms with Crippen molar-refractivity contribution in [2.45, 2.75) is 31.7 Å². The number of hydrogen-bond donors (Lipinski definition) is 1. The molecule has 2 aliphatic rings. The lowest BCUT2D eigenvalue weighted by molar-refractivity contribution is -0.119. The van der Waals surface area contributed by atoms with Crippen molar-refractivity contribution in [1.29, 1.82) is 0 Å². The fraction of sp³-hybridized carbons (Fsp3) is 0.409. The normalized spacial score (nSPS) is 22.0. The van der Waals surface area contributed by atoms with Crippen LogP contribution in [0.1, 0.15) is 36.0 Å². The maximum Gasteiger partial charge on any atom is 0.255 e. The number of pyridine rings is 1. The number of hydrogen-bond acceptors (Lipinski definition) is 4. The van der Waals surface area contributed by atoms with Gasteiger partial charge >= 0.3 is 0 Å². The van der Waals surface area contributed by atoms with Crippen LogP contribution in [-0.2, 0) is 4.79 Å². The van der Waals surface area contributed by atoms with Gasteiger partial charge in [0.15, 0.2) is 0 Å². The van der Waals surface area contributed by atoms with Crippen LogP contribution in [-0.4, -0.2) is 47.9 Å². The summed E-state index contributed by atoms with van der Waals surface area (Å²) in [5, 5.41) is 2.91. The first-order valence-electron chi connectivity index (χ1n) is 9.83. The monoisotopic (exact) mass is 379 g/mol. The molecule has 0 spiro atoms. The third-order valence-electron chi connectivity index (χ3n) is 5.77. The molecule has 6 heteroatoms. The van der Waals surface area contributed by atoms with Crippen LogP contribution in [0.3, 0.4) is 0 Å². The van der Waals surface area contributed by atoms with E-state index in [4.69, 9.17) is 4.74 Å². The molecule has 0 bridgehead atoms. The molecule has 2 saturated heterocycles. The highest BCUT2D eigenvalue weighted by atomic mass is 16.5. The Bertz CT molecular complexity index is 866. The van der Waals surface area contributed by atoms with E-state index in [0.717, 1.165) is 42.7 Å². The molecule has 1 aromatic carbocycles. The van der Waals surface area contributed by atoms with Gasteiger partial charge in [0.05, 0.1) is 12.7 Å². The quantitative estimate of drug-likeness (QED) is 0.887. The minimum atomic E-state index is 0.00640. The number of benzene rings is 1. The van der Waals surface area contributed by atoms with E-state index in [1.165, 1.54) is 0 Å². The lowest BCUT2D eigenvalue weighted by atomic mass is 9.89. The maximum atomic E-state index is 13.3. The summed E-state index contributed by atoms with van der Waals surface area (Å²) < 4.78 is 5.21. The van der Waals surface area contributed by atoms with Gasteiger partial charge in [0.25, 0.3) is 5.91 Å². The molecule has 0 radical (unpaired) electrons. The summed E-state index contributed by atoms with van der Waals surface area (Å²) in [5.41, 5.74) is 2.49. The van der Waals surface area contributed by atoms with E-state index in [-0.39, 0.29) is 23.8 Å². The molecule has 2 atom stereocenters. The molecule has 2 amide bonds. The second kappa shape index (κ2) is 8.00. The Kier molecular flexibility index (Phi) is 5.28. The number of likely N-dealkylation sites (tertiary alicyclic amines) is 1. The number of nitrogens with zero attached hydrogens (tertiary/aromatic N) is 2. The third-order valence-corrected chi connectivity index (χ3v) is 5.77. The fourth-order valence-corrected chi connectivity index (χ4v) is 4.26. The van der Waals surface area contributed by atoms with Crippen molar-refractivity contribution >= 4 is 11.8 Å². The van der Waals surface area contributed by atoms with Gasteiger partial charge in [-0.3, -0.25) is 14.6 Å². The minimum Gasteiger partial charge on any atom is -0.497 e. The predicted octanol–water partition coefficient (Wildman–Crippen LogP) is 2.89. The van der Waals surface area contributed by atoms with Crippen molar-refractivity contribution in [3.63, 3.8) is 0 Å². The lowest BCUT2D eigenvalue weighted by Crippen LogP contribution is -2.48. The zero-order chi connectivity index (χ0) is 19.5. The van der Waals surface area contributed by atoms with Crippen molar-refractivity contribution in [3.8, 4) is 16.9 Å². The number of carbonyl (C=O) groups excluding carboxylic acids is 2. The number of piperidine rings is 1. The van der Waals surface area contributed by atoms with Gasteiger partial charge in [-0.25, -0.2) is 0 Å². The largest absolute Gasteiger partial charge is 0.497 e. The number of ether oxygens (including phenoxy) is 1. The first-order valence-corrected chi connectivity index (χ1v) is 9.83. The maximum absolute atomic E-state index is 13.3. The van der Waals surface area contributed by atoms with Gasteiger partial charge in [0.2, 0.25) is 5.91 Å². The summed E-state index contributed by atoms with van der Waals surface area (Å²) in [4.78, 5) is 31.2. The van der Waals surface area contributed by atoms with Gasteiger partial charge in [-0.2, -0.15) is 0 Å². The van der Waals surface area contributed by atoms with E-state index in [0.29, 0.717) is 18.5 Å². The summed E-state index contributed by atoms with van der Waals surface area (Å²) in [6.07, 6.45) is 6.98. The molecule has 2 aliphatic heterocycles. The number of carbonyl (C=O) groups is 2. The molecule has 4 rings (SSSR count). The minimum absolute atomic E-state index is 0.00640. The second-order valence-electron chi connectivity index (χ2n) is 7.52. The van der Waals surface area contributed by atoms with Gasteiger partial charge in [0.1, 0.15) is 5.75 Å². The smallest absolute Gasteiger partial charge is 0.255 e. The van der Waals surface area contributed by atoms with Crippen LogP contribution in [0, 0.1) is 5.92 Å². The Hall–Kier alpha value is -2.89. The van der Waals surface area contributed by atoms with E-state index in [2.05, 4.69) is 10.3 Å². The summed E-state index contributed by atoms with van der Waals surface area (Å²) in [5.74, 6) is 1.09. The van der Waals surface area contributed by atoms with Crippen LogP contribution in [0.25, 0.3) is 11.1 Å². The third kappa shape index (κ3) is 3.72. The van der Waals surface area contributed by atoms with Crippen LogP contribution in [0.5, 0.6) is 5.75 Å². The van der Waals surface area contributed by atoms with Gasteiger partial charge in [-0.05, 0) is 43.0 Å². The molecule has 0 aliphatic carbocycles. The van der Waals surface area contributed by atoms with Crippen molar-refractivity contribution in [1.82, 2.24) is 15.2 Å². The number of methoxy groups -OCH3 is 1. The predicted molar refractivity (Wildman–Crippen MR) is 106 cm³/mol. The molecule has 3 heterocycles. The number of amides is 2. The Morgan fingerprint density at radius 1 is 1.18 bits per heavy atom. The van der Waals surface area contributed by atoms with Gasteiger partial charge in [-0.15, -0.1) is 0 Å². The Labute approximate surface area is 164 Å². The molecule has 2 aromatic rings. The standard InChI is InChI=1S/C22H25N3O3/c1-28-19-7-5-15(6-8-19)16-10-18(13-23-12-16)22(27)25-9-3-2-4-20(25)17-11-21(26)24-14-17/h5-8,10,12-13,17,20H,2-4,9,11,14H2,1H3,(H,24,26). The summed E-state index contributed by atoms with van der Waals surface area (Å²) in [6.45, 7) is 1.40. The highest BCUT2D eigenvalue weighted by molar-refractivity contribution is 5.95. The van der Waals surface area contributed by atoms with Crippen molar-refractivity contribution in [3.05, 3.63) is 48.3 Å². The molecule has 6 nitrogen and oxygen atoms in total. The van der Waals surface area contributed by atoms with Gasteiger partial charge in [0, 0.05) is 49.4 Å². The molecule has 1 aromatic heterocycles. The van der Waals surface area contributed by atoms with E-state index >= 15 is 0 Å². The van der Waals surface area contributed by atoms with Crippen LogP contribution in [0.2, 0.25) is 0 Å². The van der Waals surface area contributed by atoms with Crippen molar-refractivity contribution in [2.75, 3.05) is 20.2 Å². The SMILES string of the molecule is COc1ccc(-c2cncc(C(=O)N3CCCCC3C3CNC(=O)C3)c2)cc1. The summed E-state index contributed by atoms with van der Waals surface area (Å²) >= 11 is 0. The van der Waals surface area contributed by atoms with Crippen LogP contribution >= 0.6 is 0 Å². The molecule has 2 fully saturated rings. The number of nitrogens with one attached hydrogen (secondary N) is 1. The summed E-state index contributed by atoms with van der Waals surface area (Å²) in [7, 11) is 1.64. The Balaban J connectivity index is 1.57. The number of rotatable bonds is 4. The fourth-order valence-electron chi connectivity index (χ4n) is 4.26. The molecule has 2 unspecified atom stereocenters. The summed E-state index contributed by atoms with van der Waals surface area (Å²) in [6, 6.07) is 9.74. The Morgan fingerprint density at radius 2 is 2.00 bits per heavy atom. The molecule has 0 saturated carbocycles. The lowest BCUT2D eigenvalue weighted by Gasteiger charge is -2.38. The molecular weight excluding hydrogens is 354 g/mol. The van der Waals surface area contributed by atoms with Crippen LogP contribution in [0.15, 0.2) is 42.7 Å². The molecular formula is C22H25N3O3. The van der Waals surface area contributed by atoms with Gasteiger partial charge < -0.3 is 15.0 Å². The van der Waals surface area contributed by atoms with Crippen molar-refractivity contribution < 1.29 is 14.3 Å². The molecule has 1 N–H and O–H groups in total. The first-order chi connectivity index (χ1) is 13.7. The van der Waals surface area contributed by atoms with E-state index in [1.54, 1.807) is 19.5 Å². The topological polar surface area (TPSA) is 71.5 Å². The highest BCUT2D eigenvalue weighted by Gasteiger charge is 2.37. The van der Waals surface area contributed by atoms with E-state index in [9.17, 15) is 9.59 Å². The van der Waals surface area contributed by atoms with Crippen molar-refractivity contribution in [2.24, 2.45) is 5.92 Å². The number of aromatic nitrogens is 1. The van der Waals surface area contributed by atoms with Gasteiger partial charge in [-0.1, -0.05) is 12.1 Å².